The van der Waals surface area contributed by atoms with Crippen molar-refractivity contribution in [2.24, 2.45) is 0 Å². The molecule has 0 unspecified atom stereocenters. The van der Waals surface area contributed by atoms with E-state index < -0.39 is 5.97 Å². The van der Waals surface area contributed by atoms with Crippen molar-refractivity contribution in [1.29, 1.82) is 0 Å². The molecular formula is C14H21ClN2O2. The lowest BCUT2D eigenvalue weighted by atomic mass is 10.2. The standard InChI is InChI=1S/C14H21ClN2O2/c1-4-5-6-9-17(10(2)3)13-12(15)11(14(18)19)7-8-16-13/h7-8,10H,4-6,9H2,1-3H3,(H,18,19). The lowest BCUT2D eigenvalue weighted by molar-refractivity contribution is 0.0697. The number of anilines is 1. The minimum Gasteiger partial charge on any atom is -0.478 e. The van der Waals surface area contributed by atoms with Crippen LogP contribution in [0.3, 0.4) is 0 Å². The molecule has 1 heterocycles. The summed E-state index contributed by atoms with van der Waals surface area (Å²) in [6.45, 7) is 7.09. The Kier molecular flexibility index (Phi) is 6.09. The number of nitrogens with zero attached hydrogens (tertiary/aromatic N) is 2. The van der Waals surface area contributed by atoms with E-state index in [1.165, 1.54) is 12.3 Å². The molecule has 0 aliphatic heterocycles. The first kappa shape index (κ1) is 15.8. The van der Waals surface area contributed by atoms with Gasteiger partial charge in [0.05, 0.1) is 10.6 Å². The van der Waals surface area contributed by atoms with Gasteiger partial charge in [-0.2, -0.15) is 0 Å². The maximum atomic E-state index is 11.1. The highest BCUT2D eigenvalue weighted by Crippen LogP contribution is 2.28. The molecule has 0 amide bonds. The van der Waals surface area contributed by atoms with Crippen LogP contribution in [0.15, 0.2) is 12.3 Å². The van der Waals surface area contributed by atoms with Gasteiger partial charge >= 0.3 is 5.97 Å². The number of hydrogen-bond donors (Lipinski definition) is 1. The van der Waals surface area contributed by atoms with Gasteiger partial charge in [0, 0.05) is 18.8 Å². The van der Waals surface area contributed by atoms with E-state index in [0.717, 1.165) is 25.8 Å². The molecule has 106 valence electrons. The smallest absolute Gasteiger partial charge is 0.337 e. The SMILES string of the molecule is CCCCCN(c1nccc(C(=O)O)c1Cl)C(C)C. The minimum absolute atomic E-state index is 0.104. The molecule has 0 aliphatic rings. The van der Waals surface area contributed by atoms with Crippen molar-refractivity contribution in [2.45, 2.75) is 46.1 Å². The number of carbonyl (C=O) groups is 1. The lowest BCUT2D eigenvalue weighted by Crippen LogP contribution is -2.33. The van der Waals surface area contributed by atoms with Gasteiger partial charge in [-0.05, 0) is 26.3 Å². The Morgan fingerprint density at radius 3 is 2.68 bits per heavy atom. The molecule has 1 rings (SSSR count). The fraction of sp³-hybridized carbons (Fsp3) is 0.571. The quantitative estimate of drug-likeness (QED) is 0.773. The Labute approximate surface area is 119 Å². The van der Waals surface area contributed by atoms with Crippen LogP contribution in [0.4, 0.5) is 5.82 Å². The summed E-state index contributed by atoms with van der Waals surface area (Å²) in [5.41, 5.74) is 0.104. The predicted octanol–water partition coefficient (Wildman–Crippen LogP) is 3.84. The first-order valence-electron chi connectivity index (χ1n) is 6.63. The zero-order chi connectivity index (χ0) is 14.4. The summed E-state index contributed by atoms with van der Waals surface area (Å²) in [7, 11) is 0. The van der Waals surface area contributed by atoms with E-state index in [4.69, 9.17) is 16.7 Å². The average molecular weight is 285 g/mol. The second-order valence-corrected chi connectivity index (χ2v) is 5.17. The zero-order valence-electron chi connectivity index (χ0n) is 11.7. The van der Waals surface area contributed by atoms with E-state index in [9.17, 15) is 4.79 Å². The average Bonchev–Trinajstić information content (AvgIpc) is 2.35. The third-order valence-electron chi connectivity index (χ3n) is 3.00. The van der Waals surface area contributed by atoms with E-state index >= 15 is 0 Å². The maximum absolute atomic E-state index is 11.1. The maximum Gasteiger partial charge on any atom is 0.337 e. The molecule has 4 nitrogen and oxygen atoms in total. The Morgan fingerprint density at radius 1 is 1.47 bits per heavy atom. The number of halogens is 1. The topological polar surface area (TPSA) is 53.4 Å². The lowest BCUT2D eigenvalue weighted by Gasteiger charge is -2.29. The van der Waals surface area contributed by atoms with Gasteiger partial charge in [-0.1, -0.05) is 31.4 Å². The molecular weight excluding hydrogens is 264 g/mol. The molecule has 0 saturated heterocycles. The molecule has 0 saturated carbocycles. The number of pyridine rings is 1. The monoisotopic (exact) mass is 284 g/mol. The van der Waals surface area contributed by atoms with Gasteiger partial charge in [0.15, 0.2) is 0 Å². The van der Waals surface area contributed by atoms with E-state index in [0.29, 0.717) is 5.82 Å². The summed E-state index contributed by atoms with van der Waals surface area (Å²) >= 11 is 6.17. The highest BCUT2D eigenvalue weighted by Gasteiger charge is 2.19. The fourth-order valence-electron chi connectivity index (χ4n) is 1.94. The summed E-state index contributed by atoms with van der Waals surface area (Å²) in [6, 6.07) is 1.66. The Morgan fingerprint density at radius 2 is 2.16 bits per heavy atom. The molecule has 0 fully saturated rings. The molecule has 0 bridgehead atoms. The van der Waals surface area contributed by atoms with Gasteiger partial charge in [-0.15, -0.1) is 0 Å². The van der Waals surface area contributed by atoms with Crippen LogP contribution in [0, 0.1) is 0 Å². The van der Waals surface area contributed by atoms with Crippen molar-refractivity contribution in [3.05, 3.63) is 22.8 Å². The van der Waals surface area contributed by atoms with E-state index in [1.807, 2.05) is 0 Å². The minimum atomic E-state index is -1.02. The fourth-order valence-corrected chi connectivity index (χ4v) is 2.24. The normalized spacial score (nSPS) is 10.8. The number of carboxylic acid groups (broad SMARTS) is 1. The summed E-state index contributed by atoms with van der Waals surface area (Å²) in [5, 5.41) is 9.32. The molecule has 19 heavy (non-hydrogen) atoms. The van der Waals surface area contributed by atoms with Gasteiger partial charge in [0.2, 0.25) is 0 Å². The molecule has 1 N–H and O–H groups in total. The Balaban J connectivity index is 3.02. The van der Waals surface area contributed by atoms with Crippen molar-refractivity contribution < 1.29 is 9.90 Å². The molecule has 0 spiro atoms. The summed E-state index contributed by atoms with van der Waals surface area (Å²) < 4.78 is 0. The van der Waals surface area contributed by atoms with Crippen molar-refractivity contribution in [3.8, 4) is 0 Å². The number of aromatic nitrogens is 1. The Bertz CT molecular complexity index is 435. The van der Waals surface area contributed by atoms with Gasteiger partial charge in [0.1, 0.15) is 5.82 Å². The third-order valence-corrected chi connectivity index (χ3v) is 3.37. The van der Waals surface area contributed by atoms with Gasteiger partial charge < -0.3 is 10.0 Å². The van der Waals surface area contributed by atoms with Crippen LogP contribution < -0.4 is 4.90 Å². The van der Waals surface area contributed by atoms with E-state index in [2.05, 4.69) is 30.7 Å². The third kappa shape index (κ3) is 4.10. The molecule has 0 aromatic carbocycles. The van der Waals surface area contributed by atoms with Crippen LogP contribution in [0.1, 0.15) is 50.4 Å². The van der Waals surface area contributed by atoms with E-state index in [-0.39, 0.29) is 16.6 Å². The first-order chi connectivity index (χ1) is 8.99. The number of carboxylic acids is 1. The van der Waals surface area contributed by atoms with Gasteiger partial charge in [-0.3, -0.25) is 0 Å². The highest BCUT2D eigenvalue weighted by molar-refractivity contribution is 6.35. The van der Waals surface area contributed by atoms with Crippen LogP contribution >= 0.6 is 11.6 Å². The van der Waals surface area contributed by atoms with Gasteiger partial charge in [-0.25, -0.2) is 9.78 Å². The first-order valence-corrected chi connectivity index (χ1v) is 7.01. The highest BCUT2D eigenvalue weighted by atomic mass is 35.5. The summed E-state index contributed by atoms with van der Waals surface area (Å²) in [5.74, 6) is -0.460. The van der Waals surface area contributed by atoms with Crippen LogP contribution in [0.25, 0.3) is 0 Å². The van der Waals surface area contributed by atoms with E-state index in [1.54, 1.807) is 0 Å². The largest absolute Gasteiger partial charge is 0.478 e. The second kappa shape index (κ2) is 7.34. The van der Waals surface area contributed by atoms with Crippen molar-refractivity contribution >= 4 is 23.4 Å². The van der Waals surface area contributed by atoms with Gasteiger partial charge in [0.25, 0.3) is 0 Å². The second-order valence-electron chi connectivity index (χ2n) is 4.80. The number of rotatable bonds is 7. The number of hydrogen-bond acceptors (Lipinski definition) is 3. The van der Waals surface area contributed by atoms with Crippen molar-refractivity contribution in [1.82, 2.24) is 4.98 Å². The molecule has 5 heteroatoms. The molecule has 1 aromatic heterocycles. The summed E-state index contributed by atoms with van der Waals surface area (Å²) in [4.78, 5) is 17.4. The van der Waals surface area contributed by atoms with Crippen LogP contribution in [0.2, 0.25) is 5.02 Å². The summed E-state index contributed by atoms with van der Waals surface area (Å²) in [6.07, 6.45) is 4.82. The molecule has 1 aromatic rings. The molecule has 0 aliphatic carbocycles. The molecule has 0 atom stereocenters. The zero-order valence-corrected chi connectivity index (χ0v) is 12.4. The van der Waals surface area contributed by atoms with Crippen molar-refractivity contribution in [2.75, 3.05) is 11.4 Å². The van der Waals surface area contributed by atoms with Crippen molar-refractivity contribution in [3.63, 3.8) is 0 Å². The predicted molar refractivity (Wildman–Crippen MR) is 78.2 cm³/mol. The van der Waals surface area contributed by atoms with Crippen LogP contribution in [0.5, 0.6) is 0 Å². The Hall–Kier alpha value is -1.29. The number of aromatic carboxylic acids is 1. The van der Waals surface area contributed by atoms with Crippen LogP contribution in [-0.2, 0) is 0 Å². The van der Waals surface area contributed by atoms with Crippen LogP contribution in [-0.4, -0.2) is 28.6 Å². The molecule has 0 radical (unpaired) electrons. The number of unbranched alkanes of at least 4 members (excludes halogenated alkanes) is 2.